The molecule has 0 aliphatic rings. The van der Waals surface area contributed by atoms with Gasteiger partial charge in [0.1, 0.15) is 28.7 Å². The molecule has 0 aliphatic carbocycles. The molecule has 0 saturated heterocycles. The Bertz CT molecular complexity index is 1270. The minimum absolute atomic E-state index is 0.409. The Labute approximate surface area is 221 Å². The van der Waals surface area contributed by atoms with E-state index in [0.29, 0.717) is 53.2 Å². The molecule has 190 valence electrons. The molecule has 37 heavy (non-hydrogen) atoms. The average molecular weight is 519 g/mol. The molecule has 6 nitrogen and oxygen atoms in total. The fourth-order valence-corrected chi connectivity index (χ4v) is 3.63. The van der Waals surface area contributed by atoms with Crippen molar-refractivity contribution in [3.05, 3.63) is 114 Å². The van der Waals surface area contributed by atoms with E-state index in [-0.39, 0.29) is 0 Å². The van der Waals surface area contributed by atoms with E-state index in [4.69, 9.17) is 30.5 Å². The van der Waals surface area contributed by atoms with Gasteiger partial charge < -0.3 is 24.1 Å². The molecule has 1 unspecified atom stereocenters. The summed E-state index contributed by atoms with van der Waals surface area (Å²) in [5.41, 5.74) is -1.10. The second-order valence-electron chi connectivity index (χ2n) is 8.36. The number of halogens is 1. The van der Waals surface area contributed by atoms with Crippen LogP contribution in [0.3, 0.4) is 0 Å². The standard InChI is InChI=1S/C30H27ClO6/c1-30(29(32)33,37-28-18-16-27(17-19-28)36-26-6-3-2-4-7-26)22-8-12-24(13-9-22)34-20-5-21-35-25-14-10-23(31)11-15-25/h2-4,6-19H,5,20-21H2,1H3,(H,32,33). The Hall–Kier alpha value is -4.16. The molecule has 0 saturated carbocycles. The molecular formula is C30H27ClO6. The molecule has 4 aromatic carbocycles. The summed E-state index contributed by atoms with van der Waals surface area (Å²) in [5.74, 6) is 2.01. The summed E-state index contributed by atoms with van der Waals surface area (Å²) in [7, 11) is 0. The SMILES string of the molecule is CC(Oc1ccc(Oc2ccccc2)cc1)(C(=O)O)c1ccc(OCCCOc2ccc(Cl)cc2)cc1. The average Bonchev–Trinajstić information content (AvgIpc) is 2.91. The first-order chi connectivity index (χ1) is 17.9. The van der Waals surface area contributed by atoms with Crippen LogP contribution in [-0.4, -0.2) is 24.3 Å². The van der Waals surface area contributed by atoms with Crippen LogP contribution < -0.4 is 18.9 Å². The van der Waals surface area contributed by atoms with Gasteiger partial charge in [0.2, 0.25) is 5.60 Å². The van der Waals surface area contributed by atoms with Gasteiger partial charge in [0, 0.05) is 17.0 Å². The highest BCUT2D eigenvalue weighted by Crippen LogP contribution is 2.32. The second-order valence-corrected chi connectivity index (χ2v) is 8.79. The van der Waals surface area contributed by atoms with Gasteiger partial charge in [0.05, 0.1) is 13.2 Å². The van der Waals surface area contributed by atoms with Crippen LogP contribution in [0.5, 0.6) is 28.7 Å². The van der Waals surface area contributed by atoms with Crippen LogP contribution in [0.1, 0.15) is 18.9 Å². The Morgan fingerprint density at radius 2 is 1.19 bits per heavy atom. The topological polar surface area (TPSA) is 74.2 Å². The Balaban J connectivity index is 1.31. The molecule has 0 spiro atoms. The molecular weight excluding hydrogens is 492 g/mol. The number of hydrogen-bond donors (Lipinski definition) is 1. The summed E-state index contributed by atoms with van der Waals surface area (Å²) >= 11 is 5.87. The summed E-state index contributed by atoms with van der Waals surface area (Å²) in [6.45, 7) is 2.48. The number of carboxylic acid groups (broad SMARTS) is 1. The van der Waals surface area contributed by atoms with Crippen molar-refractivity contribution in [3.8, 4) is 28.7 Å². The first-order valence-electron chi connectivity index (χ1n) is 11.8. The lowest BCUT2D eigenvalue weighted by Gasteiger charge is -2.27. The van der Waals surface area contributed by atoms with Gasteiger partial charge in [-0.05, 0) is 79.7 Å². The van der Waals surface area contributed by atoms with E-state index in [0.717, 1.165) is 5.75 Å². The maximum atomic E-state index is 12.2. The van der Waals surface area contributed by atoms with Gasteiger partial charge in [0.15, 0.2) is 0 Å². The normalized spacial score (nSPS) is 12.3. The van der Waals surface area contributed by atoms with Crippen LogP contribution in [0.4, 0.5) is 0 Å². The lowest BCUT2D eigenvalue weighted by Crippen LogP contribution is -2.38. The minimum Gasteiger partial charge on any atom is -0.493 e. The molecule has 4 rings (SSSR count). The maximum absolute atomic E-state index is 12.2. The lowest BCUT2D eigenvalue weighted by atomic mass is 9.95. The Morgan fingerprint density at radius 3 is 1.76 bits per heavy atom. The van der Waals surface area contributed by atoms with E-state index in [1.165, 1.54) is 6.92 Å². The van der Waals surface area contributed by atoms with Crippen molar-refractivity contribution in [1.29, 1.82) is 0 Å². The third kappa shape index (κ3) is 7.18. The first-order valence-corrected chi connectivity index (χ1v) is 12.2. The van der Waals surface area contributed by atoms with Crippen LogP contribution in [-0.2, 0) is 10.4 Å². The lowest BCUT2D eigenvalue weighted by molar-refractivity contribution is -0.154. The summed E-state index contributed by atoms with van der Waals surface area (Å²) in [6.07, 6.45) is 0.685. The fourth-order valence-electron chi connectivity index (χ4n) is 3.50. The van der Waals surface area contributed by atoms with Crippen LogP contribution in [0, 0.1) is 0 Å². The van der Waals surface area contributed by atoms with Crippen molar-refractivity contribution in [2.45, 2.75) is 18.9 Å². The van der Waals surface area contributed by atoms with Gasteiger partial charge in [-0.1, -0.05) is 41.9 Å². The molecule has 1 N–H and O–H groups in total. The van der Waals surface area contributed by atoms with Crippen molar-refractivity contribution in [1.82, 2.24) is 0 Å². The van der Waals surface area contributed by atoms with Gasteiger partial charge in [-0.25, -0.2) is 4.79 Å². The van der Waals surface area contributed by atoms with Crippen molar-refractivity contribution in [3.63, 3.8) is 0 Å². The summed E-state index contributed by atoms with van der Waals surface area (Å²) in [4.78, 5) is 12.2. The molecule has 0 fully saturated rings. The fraction of sp³-hybridized carbons (Fsp3) is 0.167. The molecule has 7 heteroatoms. The molecule has 1 atom stereocenters. The van der Waals surface area contributed by atoms with Gasteiger partial charge in [0.25, 0.3) is 0 Å². The monoisotopic (exact) mass is 518 g/mol. The van der Waals surface area contributed by atoms with Crippen molar-refractivity contribution in [2.75, 3.05) is 13.2 Å². The van der Waals surface area contributed by atoms with E-state index in [1.807, 2.05) is 42.5 Å². The highest BCUT2D eigenvalue weighted by atomic mass is 35.5. The second kappa shape index (κ2) is 12.2. The molecule has 0 aromatic heterocycles. The van der Waals surface area contributed by atoms with Gasteiger partial charge in [-0.3, -0.25) is 0 Å². The molecule has 0 amide bonds. The maximum Gasteiger partial charge on any atom is 0.352 e. The largest absolute Gasteiger partial charge is 0.493 e. The summed E-state index contributed by atoms with van der Waals surface area (Å²) < 4.78 is 23.1. The quantitative estimate of drug-likeness (QED) is 0.197. The van der Waals surface area contributed by atoms with Crippen molar-refractivity contribution < 1.29 is 28.8 Å². The van der Waals surface area contributed by atoms with E-state index < -0.39 is 11.6 Å². The highest BCUT2D eigenvalue weighted by molar-refractivity contribution is 6.30. The number of hydrogen-bond acceptors (Lipinski definition) is 5. The van der Waals surface area contributed by atoms with Gasteiger partial charge >= 0.3 is 5.97 Å². The zero-order chi connectivity index (χ0) is 26.1. The van der Waals surface area contributed by atoms with Crippen molar-refractivity contribution >= 4 is 17.6 Å². The van der Waals surface area contributed by atoms with Crippen molar-refractivity contribution in [2.24, 2.45) is 0 Å². The third-order valence-electron chi connectivity index (χ3n) is 5.58. The molecule has 0 radical (unpaired) electrons. The molecule has 0 aliphatic heterocycles. The number of rotatable bonds is 12. The first kappa shape index (κ1) is 25.9. The van der Waals surface area contributed by atoms with E-state index in [9.17, 15) is 9.90 Å². The Morgan fingerprint density at radius 1 is 0.703 bits per heavy atom. The molecule has 4 aromatic rings. The van der Waals surface area contributed by atoms with Crippen LogP contribution in [0.15, 0.2) is 103 Å². The zero-order valence-electron chi connectivity index (χ0n) is 20.3. The van der Waals surface area contributed by atoms with Crippen LogP contribution >= 0.6 is 11.6 Å². The van der Waals surface area contributed by atoms with E-state index in [2.05, 4.69) is 0 Å². The minimum atomic E-state index is -1.59. The number of carbonyl (C=O) groups is 1. The number of carboxylic acids is 1. The molecule has 0 bridgehead atoms. The Kier molecular flexibility index (Phi) is 8.54. The zero-order valence-corrected chi connectivity index (χ0v) is 21.1. The number of para-hydroxylation sites is 1. The van der Waals surface area contributed by atoms with E-state index >= 15 is 0 Å². The number of ether oxygens (including phenoxy) is 4. The molecule has 0 heterocycles. The smallest absolute Gasteiger partial charge is 0.352 e. The predicted octanol–water partition coefficient (Wildman–Crippen LogP) is 7.36. The predicted molar refractivity (Wildman–Crippen MR) is 142 cm³/mol. The number of aliphatic carboxylic acids is 1. The van der Waals surface area contributed by atoms with Gasteiger partial charge in [-0.2, -0.15) is 0 Å². The van der Waals surface area contributed by atoms with Crippen LogP contribution in [0.25, 0.3) is 0 Å². The summed E-state index contributed by atoms with van der Waals surface area (Å²) in [5, 5.41) is 10.6. The highest BCUT2D eigenvalue weighted by Gasteiger charge is 2.38. The number of benzene rings is 4. The summed E-state index contributed by atoms with van der Waals surface area (Å²) in [6, 6.07) is 30.3. The van der Waals surface area contributed by atoms with Crippen LogP contribution in [0.2, 0.25) is 5.02 Å². The third-order valence-corrected chi connectivity index (χ3v) is 5.83. The van der Waals surface area contributed by atoms with Gasteiger partial charge in [-0.15, -0.1) is 0 Å². The van der Waals surface area contributed by atoms with E-state index in [1.54, 1.807) is 60.7 Å².